The highest BCUT2D eigenvalue weighted by Gasteiger charge is 2.25. The predicted octanol–water partition coefficient (Wildman–Crippen LogP) is 3.44. The highest BCUT2D eigenvalue weighted by Crippen LogP contribution is 2.23. The molecule has 0 saturated carbocycles. The minimum Gasteiger partial charge on any atom is -0.309 e. The van der Waals surface area contributed by atoms with E-state index in [0.29, 0.717) is 5.54 Å². The fourth-order valence-electron chi connectivity index (χ4n) is 2.24. The van der Waals surface area contributed by atoms with Crippen molar-refractivity contribution in [2.75, 3.05) is 11.5 Å². The van der Waals surface area contributed by atoms with Gasteiger partial charge in [0.15, 0.2) is 0 Å². The molecular weight excluding hydrogens is 190 g/mol. The normalized spacial score (nSPS) is 23.4. The molecule has 1 heterocycles. The lowest BCUT2D eigenvalue weighted by Crippen LogP contribution is -2.48. The lowest BCUT2D eigenvalue weighted by atomic mass is 9.91. The van der Waals surface area contributed by atoms with Crippen LogP contribution in [0, 0.1) is 0 Å². The maximum Gasteiger partial charge on any atom is 0.0153 e. The Labute approximate surface area is 93.4 Å². The summed E-state index contributed by atoms with van der Waals surface area (Å²) in [6.07, 6.45) is 6.59. The van der Waals surface area contributed by atoms with Crippen molar-refractivity contribution in [1.82, 2.24) is 5.32 Å². The summed E-state index contributed by atoms with van der Waals surface area (Å²) >= 11 is 2.11. The topological polar surface area (TPSA) is 12.0 Å². The van der Waals surface area contributed by atoms with Gasteiger partial charge in [0, 0.05) is 11.6 Å². The van der Waals surface area contributed by atoms with Crippen LogP contribution >= 0.6 is 11.8 Å². The molecule has 0 spiro atoms. The molecule has 0 radical (unpaired) electrons. The van der Waals surface area contributed by atoms with Crippen molar-refractivity contribution >= 4 is 11.8 Å². The van der Waals surface area contributed by atoms with Crippen LogP contribution in [0.5, 0.6) is 0 Å². The van der Waals surface area contributed by atoms with E-state index in [1.165, 1.54) is 43.6 Å². The van der Waals surface area contributed by atoms with Gasteiger partial charge < -0.3 is 5.32 Å². The molecule has 0 amide bonds. The lowest BCUT2D eigenvalue weighted by Gasteiger charge is -2.36. The highest BCUT2D eigenvalue weighted by atomic mass is 32.2. The average molecular weight is 215 g/mol. The van der Waals surface area contributed by atoms with Gasteiger partial charge in [0.2, 0.25) is 0 Å². The van der Waals surface area contributed by atoms with Crippen LogP contribution in [0.25, 0.3) is 0 Å². The molecule has 1 unspecified atom stereocenters. The number of nitrogens with one attached hydrogen (secondary N) is 1. The predicted molar refractivity (Wildman–Crippen MR) is 67.1 cm³/mol. The van der Waals surface area contributed by atoms with Crippen LogP contribution in [0.15, 0.2) is 0 Å². The summed E-state index contributed by atoms with van der Waals surface area (Å²) in [5, 5.41) is 3.87. The zero-order valence-electron chi connectivity index (χ0n) is 9.94. The quantitative estimate of drug-likeness (QED) is 0.754. The standard InChI is InChI=1S/C12H25NS/c1-4-8-12(3,5-2)13-11-6-9-14-10-7-11/h11,13H,4-10H2,1-3H3. The first kappa shape index (κ1) is 12.4. The van der Waals surface area contributed by atoms with E-state index >= 15 is 0 Å². The molecule has 1 atom stereocenters. The second-order valence-corrected chi connectivity index (χ2v) is 5.92. The van der Waals surface area contributed by atoms with E-state index in [1.807, 2.05) is 0 Å². The lowest BCUT2D eigenvalue weighted by molar-refractivity contribution is 0.269. The van der Waals surface area contributed by atoms with E-state index in [1.54, 1.807) is 0 Å². The van der Waals surface area contributed by atoms with E-state index in [-0.39, 0.29) is 0 Å². The summed E-state index contributed by atoms with van der Waals surface area (Å²) in [6, 6.07) is 0.785. The molecular formula is C12H25NS. The molecule has 1 rings (SSSR count). The fourth-order valence-corrected chi connectivity index (χ4v) is 3.34. The molecule has 1 aliphatic rings. The SMILES string of the molecule is CCCC(C)(CC)NC1CCSCC1. The average Bonchev–Trinajstić information content (AvgIpc) is 2.20. The van der Waals surface area contributed by atoms with Gasteiger partial charge in [-0.3, -0.25) is 0 Å². The molecule has 1 aliphatic heterocycles. The molecule has 1 N–H and O–H groups in total. The summed E-state index contributed by atoms with van der Waals surface area (Å²) in [5.74, 6) is 2.70. The smallest absolute Gasteiger partial charge is 0.0153 e. The van der Waals surface area contributed by atoms with Gasteiger partial charge in [-0.2, -0.15) is 11.8 Å². The minimum atomic E-state index is 0.390. The molecule has 0 aromatic heterocycles. The minimum absolute atomic E-state index is 0.390. The van der Waals surface area contributed by atoms with Gasteiger partial charge in [0.25, 0.3) is 0 Å². The molecule has 0 aliphatic carbocycles. The molecule has 1 nitrogen and oxygen atoms in total. The van der Waals surface area contributed by atoms with Crippen LogP contribution in [-0.4, -0.2) is 23.1 Å². The number of thioether (sulfide) groups is 1. The molecule has 14 heavy (non-hydrogen) atoms. The Balaban J connectivity index is 2.37. The monoisotopic (exact) mass is 215 g/mol. The second kappa shape index (κ2) is 6.02. The summed E-state index contributed by atoms with van der Waals surface area (Å²) in [7, 11) is 0. The third-order valence-corrected chi connectivity index (χ3v) is 4.40. The van der Waals surface area contributed by atoms with Crippen molar-refractivity contribution in [3.63, 3.8) is 0 Å². The van der Waals surface area contributed by atoms with Crippen molar-refractivity contribution < 1.29 is 0 Å². The third kappa shape index (κ3) is 3.82. The Morgan fingerprint density at radius 1 is 1.29 bits per heavy atom. The third-order valence-electron chi connectivity index (χ3n) is 3.36. The van der Waals surface area contributed by atoms with Crippen LogP contribution in [0.4, 0.5) is 0 Å². The Kier molecular flexibility index (Phi) is 5.32. The Hall–Kier alpha value is 0.310. The maximum atomic E-state index is 3.87. The van der Waals surface area contributed by atoms with E-state index in [2.05, 4.69) is 37.8 Å². The first-order valence-corrected chi connectivity index (χ1v) is 7.21. The van der Waals surface area contributed by atoms with Gasteiger partial charge in [-0.1, -0.05) is 20.3 Å². The molecule has 0 bridgehead atoms. The van der Waals surface area contributed by atoms with Crippen LogP contribution in [-0.2, 0) is 0 Å². The summed E-state index contributed by atoms with van der Waals surface area (Å²) in [5.41, 5.74) is 0.390. The van der Waals surface area contributed by atoms with Crippen molar-refractivity contribution in [2.45, 2.75) is 64.5 Å². The maximum absolute atomic E-state index is 3.87. The van der Waals surface area contributed by atoms with Crippen LogP contribution < -0.4 is 5.32 Å². The van der Waals surface area contributed by atoms with Crippen molar-refractivity contribution in [1.29, 1.82) is 0 Å². The first-order chi connectivity index (χ1) is 6.70. The molecule has 1 saturated heterocycles. The molecule has 0 aromatic rings. The van der Waals surface area contributed by atoms with Gasteiger partial charge in [-0.05, 0) is 44.1 Å². The van der Waals surface area contributed by atoms with Gasteiger partial charge in [-0.15, -0.1) is 0 Å². The molecule has 1 fully saturated rings. The largest absolute Gasteiger partial charge is 0.309 e. The summed E-state index contributed by atoms with van der Waals surface area (Å²) in [6.45, 7) is 6.98. The second-order valence-electron chi connectivity index (χ2n) is 4.70. The van der Waals surface area contributed by atoms with E-state index < -0.39 is 0 Å². The number of hydrogen-bond acceptors (Lipinski definition) is 2. The zero-order valence-corrected chi connectivity index (χ0v) is 10.8. The van der Waals surface area contributed by atoms with Crippen LogP contribution in [0.1, 0.15) is 52.9 Å². The van der Waals surface area contributed by atoms with E-state index in [9.17, 15) is 0 Å². The molecule has 0 aromatic carbocycles. The summed E-state index contributed by atoms with van der Waals surface area (Å²) in [4.78, 5) is 0. The van der Waals surface area contributed by atoms with E-state index in [4.69, 9.17) is 0 Å². The Bertz CT molecular complexity index is 154. The number of rotatable bonds is 5. The Morgan fingerprint density at radius 2 is 1.93 bits per heavy atom. The van der Waals surface area contributed by atoms with Gasteiger partial charge in [0.1, 0.15) is 0 Å². The summed E-state index contributed by atoms with van der Waals surface area (Å²) < 4.78 is 0. The van der Waals surface area contributed by atoms with Crippen LogP contribution in [0.2, 0.25) is 0 Å². The fraction of sp³-hybridized carbons (Fsp3) is 1.00. The van der Waals surface area contributed by atoms with E-state index in [0.717, 1.165) is 6.04 Å². The van der Waals surface area contributed by atoms with Crippen molar-refractivity contribution in [3.05, 3.63) is 0 Å². The van der Waals surface area contributed by atoms with Crippen molar-refractivity contribution in [2.24, 2.45) is 0 Å². The van der Waals surface area contributed by atoms with Crippen LogP contribution in [0.3, 0.4) is 0 Å². The van der Waals surface area contributed by atoms with Gasteiger partial charge in [0.05, 0.1) is 0 Å². The number of hydrogen-bond donors (Lipinski definition) is 1. The van der Waals surface area contributed by atoms with Gasteiger partial charge >= 0.3 is 0 Å². The van der Waals surface area contributed by atoms with Crippen molar-refractivity contribution in [3.8, 4) is 0 Å². The van der Waals surface area contributed by atoms with Gasteiger partial charge in [-0.25, -0.2) is 0 Å². The first-order valence-electron chi connectivity index (χ1n) is 6.05. The zero-order chi connectivity index (χ0) is 10.4. The molecule has 2 heteroatoms. The Morgan fingerprint density at radius 3 is 2.43 bits per heavy atom. The molecule has 84 valence electrons. The highest BCUT2D eigenvalue weighted by molar-refractivity contribution is 7.99.